The highest BCUT2D eigenvalue weighted by atomic mass is 19.1. The van der Waals surface area contributed by atoms with Gasteiger partial charge in [0, 0.05) is 19.6 Å². The number of rotatable bonds is 5. The van der Waals surface area contributed by atoms with Gasteiger partial charge in [-0.3, -0.25) is 4.90 Å². The van der Waals surface area contributed by atoms with E-state index in [0.717, 1.165) is 25.7 Å². The fourth-order valence-corrected chi connectivity index (χ4v) is 3.75. The van der Waals surface area contributed by atoms with Crippen LogP contribution in [0.4, 0.5) is 4.39 Å². The second-order valence-corrected chi connectivity index (χ2v) is 7.52. The number of benzene rings is 1. The molecule has 0 radical (unpaired) electrons. The summed E-state index contributed by atoms with van der Waals surface area (Å²) in [4.78, 5) is 2.08. The highest BCUT2D eigenvalue weighted by Crippen LogP contribution is 2.29. The van der Waals surface area contributed by atoms with Gasteiger partial charge in [-0.15, -0.1) is 0 Å². The van der Waals surface area contributed by atoms with Crippen molar-refractivity contribution in [3.05, 3.63) is 30.1 Å². The number of halogens is 1. The first-order chi connectivity index (χ1) is 12.0. The van der Waals surface area contributed by atoms with Gasteiger partial charge in [0.05, 0.1) is 18.8 Å². The molecule has 3 rings (SSSR count). The van der Waals surface area contributed by atoms with Crippen LogP contribution in [0.5, 0.6) is 5.75 Å². The number of β-amino-alcohol motifs (C(OH)–C–C–N with tert-alkyl or cyclic N) is 2. The molecule has 25 heavy (non-hydrogen) atoms. The van der Waals surface area contributed by atoms with Gasteiger partial charge in [0.2, 0.25) is 0 Å². The molecule has 1 heterocycles. The van der Waals surface area contributed by atoms with Gasteiger partial charge in [0.25, 0.3) is 0 Å². The summed E-state index contributed by atoms with van der Waals surface area (Å²) in [5.74, 6) is 0.187. The summed E-state index contributed by atoms with van der Waals surface area (Å²) in [5.41, 5.74) is -1.82. The second kappa shape index (κ2) is 7.99. The molecule has 0 bridgehead atoms. The standard InChI is InChI=1S/C19H28FNO4/c20-16-4-6-17(7-5-16)25-15-19(23)13-21(10-11-24-14-19)12-18(22)8-2-1-3-9-18/h4-7,22-23H,1-3,8-15H2/t19-/m0/s1. The van der Waals surface area contributed by atoms with E-state index in [-0.39, 0.29) is 19.0 Å². The minimum atomic E-state index is -1.16. The van der Waals surface area contributed by atoms with Crippen LogP contribution in [-0.2, 0) is 4.74 Å². The third kappa shape index (κ3) is 5.38. The Morgan fingerprint density at radius 2 is 1.80 bits per heavy atom. The van der Waals surface area contributed by atoms with Crippen LogP contribution in [0.25, 0.3) is 0 Å². The van der Waals surface area contributed by atoms with Gasteiger partial charge in [-0.2, -0.15) is 0 Å². The first kappa shape index (κ1) is 18.6. The number of hydrogen-bond acceptors (Lipinski definition) is 5. The Morgan fingerprint density at radius 3 is 2.52 bits per heavy atom. The molecular formula is C19H28FNO4. The zero-order valence-electron chi connectivity index (χ0n) is 14.6. The fraction of sp³-hybridized carbons (Fsp3) is 0.684. The first-order valence-electron chi connectivity index (χ1n) is 9.10. The summed E-state index contributed by atoms with van der Waals surface area (Å²) < 4.78 is 24.2. The fourth-order valence-electron chi connectivity index (χ4n) is 3.75. The van der Waals surface area contributed by atoms with Gasteiger partial charge in [-0.05, 0) is 37.1 Å². The lowest BCUT2D eigenvalue weighted by Gasteiger charge is -2.38. The van der Waals surface area contributed by atoms with Crippen LogP contribution < -0.4 is 4.74 Å². The molecule has 1 atom stereocenters. The third-order valence-electron chi connectivity index (χ3n) is 5.06. The molecule has 5 nitrogen and oxygen atoms in total. The molecule has 0 unspecified atom stereocenters. The number of hydrogen-bond donors (Lipinski definition) is 2. The summed E-state index contributed by atoms with van der Waals surface area (Å²) in [6, 6.07) is 5.74. The Morgan fingerprint density at radius 1 is 1.08 bits per heavy atom. The minimum absolute atomic E-state index is 0.0631. The van der Waals surface area contributed by atoms with Crippen molar-refractivity contribution in [2.75, 3.05) is 39.5 Å². The van der Waals surface area contributed by atoms with E-state index in [1.807, 2.05) is 0 Å². The first-order valence-corrected chi connectivity index (χ1v) is 9.10. The monoisotopic (exact) mass is 353 g/mol. The van der Waals surface area contributed by atoms with E-state index in [1.165, 1.54) is 18.6 Å². The molecular weight excluding hydrogens is 325 g/mol. The van der Waals surface area contributed by atoms with Crippen LogP contribution in [-0.4, -0.2) is 65.8 Å². The largest absolute Gasteiger partial charge is 0.490 e. The summed E-state index contributed by atoms with van der Waals surface area (Å²) in [5, 5.41) is 21.7. The molecule has 2 aliphatic rings. The van der Waals surface area contributed by atoms with Crippen LogP contribution in [0.15, 0.2) is 24.3 Å². The lowest BCUT2D eigenvalue weighted by atomic mass is 9.84. The van der Waals surface area contributed by atoms with E-state index in [4.69, 9.17) is 9.47 Å². The van der Waals surface area contributed by atoms with Crippen molar-refractivity contribution in [3.63, 3.8) is 0 Å². The van der Waals surface area contributed by atoms with Crippen LogP contribution in [0.3, 0.4) is 0 Å². The minimum Gasteiger partial charge on any atom is -0.490 e. The molecule has 1 saturated heterocycles. The van der Waals surface area contributed by atoms with E-state index in [1.54, 1.807) is 12.1 Å². The zero-order valence-corrected chi connectivity index (χ0v) is 14.6. The van der Waals surface area contributed by atoms with E-state index in [9.17, 15) is 14.6 Å². The average molecular weight is 353 g/mol. The Hall–Kier alpha value is -1.21. The Kier molecular flexibility index (Phi) is 5.94. The maximum atomic E-state index is 13.0. The van der Waals surface area contributed by atoms with Crippen LogP contribution >= 0.6 is 0 Å². The lowest BCUT2D eigenvalue weighted by Crippen LogP contribution is -2.53. The van der Waals surface area contributed by atoms with Gasteiger partial charge in [0.1, 0.15) is 23.8 Å². The molecule has 0 amide bonds. The SMILES string of the molecule is OC1(CN2CCOC[C@](O)(COc3ccc(F)cc3)C2)CCCCC1. The van der Waals surface area contributed by atoms with Crippen molar-refractivity contribution < 1.29 is 24.1 Å². The molecule has 0 aromatic heterocycles. The molecule has 2 N–H and O–H groups in total. The highest BCUT2D eigenvalue weighted by Gasteiger charge is 2.37. The molecule has 1 aliphatic carbocycles. The van der Waals surface area contributed by atoms with Crippen molar-refractivity contribution in [3.8, 4) is 5.75 Å². The van der Waals surface area contributed by atoms with E-state index >= 15 is 0 Å². The van der Waals surface area contributed by atoms with Crippen molar-refractivity contribution in [2.24, 2.45) is 0 Å². The Bertz CT molecular complexity index is 547. The third-order valence-corrected chi connectivity index (χ3v) is 5.06. The van der Waals surface area contributed by atoms with E-state index < -0.39 is 11.2 Å². The lowest BCUT2D eigenvalue weighted by molar-refractivity contribution is -0.0759. The maximum Gasteiger partial charge on any atom is 0.134 e. The normalized spacial score (nSPS) is 27.6. The molecule has 1 aromatic carbocycles. The van der Waals surface area contributed by atoms with Crippen molar-refractivity contribution in [1.82, 2.24) is 4.90 Å². The second-order valence-electron chi connectivity index (χ2n) is 7.52. The smallest absolute Gasteiger partial charge is 0.134 e. The predicted molar refractivity (Wildman–Crippen MR) is 92.1 cm³/mol. The maximum absolute atomic E-state index is 13.0. The molecule has 1 saturated carbocycles. The summed E-state index contributed by atoms with van der Waals surface area (Å²) >= 11 is 0. The van der Waals surface area contributed by atoms with E-state index in [0.29, 0.717) is 32.0 Å². The number of ether oxygens (including phenoxy) is 2. The molecule has 0 spiro atoms. The topological polar surface area (TPSA) is 62.2 Å². The zero-order chi connectivity index (χ0) is 17.8. The van der Waals surface area contributed by atoms with Gasteiger partial charge in [-0.25, -0.2) is 4.39 Å². The van der Waals surface area contributed by atoms with Crippen LogP contribution in [0.1, 0.15) is 32.1 Å². The van der Waals surface area contributed by atoms with Gasteiger partial charge in [0.15, 0.2) is 0 Å². The summed E-state index contributed by atoms with van der Waals surface area (Å²) in [7, 11) is 0. The predicted octanol–water partition coefficient (Wildman–Crippen LogP) is 1.96. The van der Waals surface area contributed by atoms with Crippen molar-refractivity contribution >= 4 is 0 Å². The van der Waals surface area contributed by atoms with Crippen molar-refractivity contribution in [2.45, 2.75) is 43.3 Å². The van der Waals surface area contributed by atoms with Gasteiger partial charge >= 0.3 is 0 Å². The van der Waals surface area contributed by atoms with Gasteiger partial charge in [-0.1, -0.05) is 19.3 Å². The Balaban J connectivity index is 1.58. The van der Waals surface area contributed by atoms with Crippen LogP contribution in [0, 0.1) is 5.82 Å². The summed E-state index contributed by atoms with van der Waals surface area (Å²) in [6.45, 7) is 2.39. The quantitative estimate of drug-likeness (QED) is 0.847. The average Bonchev–Trinajstić information content (AvgIpc) is 2.76. The molecule has 6 heteroatoms. The van der Waals surface area contributed by atoms with E-state index in [2.05, 4.69) is 4.90 Å². The van der Waals surface area contributed by atoms with Gasteiger partial charge < -0.3 is 19.7 Å². The molecule has 140 valence electrons. The summed E-state index contributed by atoms with van der Waals surface area (Å²) in [6.07, 6.45) is 4.92. The molecule has 2 fully saturated rings. The van der Waals surface area contributed by atoms with Crippen molar-refractivity contribution in [1.29, 1.82) is 0 Å². The van der Waals surface area contributed by atoms with Crippen LogP contribution in [0.2, 0.25) is 0 Å². The Labute approximate surface area is 148 Å². The molecule has 1 aliphatic heterocycles. The highest BCUT2D eigenvalue weighted by molar-refractivity contribution is 5.22. The number of aliphatic hydroxyl groups is 2. The molecule has 1 aromatic rings. The number of nitrogens with zero attached hydrogens (tertiary/aromatic N) is 1.